The van der Waals surface area contributed by atoms with Gasteiger partial charge in [0.15, 0.2) is 0 Å². The molecule has 112 valence electrons. The van der Waals surface area contributed by atoms with Crippen molar-refractivity contribution in [2.75, 3.05) is 13.6 Å². The predicted molar refractivity (Wildman–Crippen MR) is 72.8 cm³/mol. The number of halogens is 3. The number of benzene rings is 1. The van der Waals surface area contributed by atoms with E-state index in [1.807, 2.05) is 0 Å². The van der Waals surface area contributed by atoms with Gasteiger partial charge in [-0.25, -0.2) is 12.7 Å². The standard InChI is InChI=1S/C11H13F3N2O2S2/c1-16(6-5-11(12,13)14)20(17,18)9-4-2-3-8(7-9)10(15)19/h2-4,7H,5-6H2,1H3,(H2,15,19). The van der Waals surface area contributed by atoms with E-state index in [9.17, 15) is 21.6 Å². The van der Waals surface area contributed by atoms with E-state index in [0.717, 1.165) is 7.05 Å². The smallest absolute Gasteiger partial charge is 0.389 e. The van der Waals surface area contributed by atoms with Gasteiger partial charge < -0.3 is 5.73 Å². The number of hydrogen-bond donors (Lipinski definition) is 1. The molecule has 0 fully saturated rings. The van der Waals surface area contributed by atoms with E-state index >= 15 is 0 Å². The van der Waals surface area contributed by atoms with Crippen molar-refractivity contribution in [2.24, 2.45) is 5.73 Å². The molecule has 0 aliphatic heterocycles. The summed E-state index contributed by atoms with van der Waals surface area (Å²) in [5, 5.41) is 0. The molecule has 0 saturated heterocycles. The van der Waals surface area contributed by atoms with Crippen LogP contribution < -0.4 is 5.73 Å². The van der Waals surface area contributed by atoms with Crippen LogP contribution >= 0.6 is 12.2 Å². The third-order valence-corrected chi connectivity index (χ3v) is 4.63. The van der Waals surface area contributed by atoms with Crippen molar-refractivity contribution >= 4 is 27.2 Å². The summed E-state index contributed by atoms with van der Waals surface area (Å²) in [6.07, 6.45) is -5.62. The van der Waals surface area contributed by atoms with Crippen LogP contribution in [0.3, 0.4) is 0 Å². The van der Waals surface area contributed by atoms with Crippen LogP contribution in [-0.4, -0.2) is 37.5 Å². The maximum Gasteiger partial charge on any atom is 0.390 e. The minimum Gasteiger partial charge on any atom is -0.389 e. The Labute approximate surface area is 120 Å². The van der Waals surface area contributed by atoms with E-state index in [1.54, 1.807) is 0 Å². The molecular formula is C11H13F3N2O2S2. The fraction of sp³-hybridized carbons (Fsp3) is 0.364. The van der Waals surface area contributed by atoms with E-state index in [2.05, 4.69) is 0 Å². The summed E-state index contributed by atoms with van der Waals surface area (Å²) >= 11 is 4.73. The predicted octanol–water partition coefficient (Wildman–Crippen LogP) is 1.89. The van der Waals surface area contributed by atoms with Gasteiger partial charge in [0.25, 0.3) is 0 Å². The molecule has 0 atom stereocenters. The SMILES string of the molecule is CN(CCC(F)(F)F)S(=O)(=O)c1cccc(C(N)=S)c1. The van der Waals surface area contributed by atoms with E-state index in [-0.39, 0.29) is 9.88 Å². The second-order valence-corrected chi connectivity index (χ2v) is 6.57. The van der Waals surface area contributed by atoms with Gasteiger partial charge in [-0.2, -0.15) is 13.2 Å². The molecular weight excluding hydrogens is 313 g/mol. The zero-order chi connectivity index (χ0) is 15.6. The monoisotopic (exact) mass is 326 g/mol. The van der Waals surface area contributed by atoms with Gasteiger partial charge in [-0.15, -0.1) is 0 Å². The molecule has 0 aromatic heterocycles. The fourth-order valence-electron chi connectivity index (χ4n) is 1.39. The maximum absolute atomic E-state index is 12.1. The van der Waals surface area contributed by atoms with Gasteiger partial charge in [-0.05, 0) is 12.1 Å². The maximum atomic E-state index is 12.1. The lowest BCUT2D eigenvalue weighted by molar-refractivity contribution is -0.135. The topological polar surface area (TPSA) is 63.4 Å². The van der Waals surface area contributed by atoms with Crippen molar-refractivity contribution in [3.8, 4) is 0 Å². The van der Waals surface area contributed by atoms with Crippen molar-refractivity contribution in [2.45, 2.75) is 17.5 Å². The Kier molecular flexibility index (Phi) is 5.11. The molecule has 0 unspecified atom stereocenters. The average molecular weight is 326 g/mol. The summed E-state index contributed by atoms with van der Waals surface area (Å²) in [4.78, 5) is -0.132. The lowest BCUT2D eigenvalue weighted by Crippen LogP contribution is -2.30. The molecule has 0 amide bonds. The number of hydrogen-bond acceptors (Lipinski definition) is 3. The number of alkyl halides is 3. The highest BCUT2D eigenvalue weighted by atomic mass is 32.2. The van der Waals surface area contributed by atoms with Crippen LogP contribution in [0, 0.1) is 0 Å². The first-order valence-electron chi connectivity index (χ1n) is 5.47. The molecule has 0 bridgehead atoms. The first-order valence-corrected chi connectivity index (χ1v) is 7.32. The molecule has 1 rings (SSSR count). The fourth-order valence-corrected chi connectivity index (χ4v) is 2.74. The Morgan fingerprint density at radius 3 is 2.50 bits per heavy atom. The van der Waals surface area contributed by atoms with Crippen LogP contribution in [-0.2, 0) is 10.0 Å². The van der Waals surface area contributed by atoms with Crippen molar-refractivity contribution in [3.63, 3.8) is 0 Å². The van der Waals surface area contributed by atoms with Gasteiger partial charge in [-0.3, -0.25) is 0 Å². The molecule has 0 radical (unpaired) electrons. The van der Waals surface area contributed by atoms with Crippen molar-refractivity contribution in [3.05, 3.63) is 29.8 Å². The molecule has 0 aliphatic rings. The molecule has 1 aromatic carbocycles. The largest absolute Gasteiger partial charge is 0.390 e. The summed E-state index contributed by atoms with van der Waals surface area (Å²) in [6, 6.07) is 5.47. The summed E-state index contributed by atoms with van der Waals surface area (Å²) in [6.45, 7) is -0.650. The Bertz CT molecular complexity index is 600. The molecule has 4 nitrogen and oxygen atoms in total. The van der Waals surface area contributed by atoms with Crippen LogP contribution in [0.15, 0.2) is 29.2 Å². The van der Waals surface area contributed by atoms with Crippen molar-refractivity contribution < 1.29 is 21.6 Å². The number of rotatable bonds is 5. The Morgan fingerprint density at radius 2 is 2.00 bits per heavy atom. The third-order valence-electron chi connectivity index (χ3n) is 2.54. The van der Waals surface area contributed by atoms with Gasteiger partial charge in [0.1, 0.15) is 4.99 Å². The minimum absolute atomic E-state index is 0.0139. The second kappa shape index (κ2) is 6.06. The van der Waals surface area contributed by atoms with E-state index in [4.69, 9.17) is 18.0 Å². The summed E-state index contributed by atoms with van der Waals surface area (Å²) < 4.78 is 61.2. The number of nitrogens with zero attached hydrogens (tertiary/aromatic N) is 1. The number of thiocarbonyl (C=S) groups is 1. The number of sulfonamides is 1. The summed E-state index contributed by atoms with van der Waals surface area (Å²) in [7, 11) is -2.91. The minimum atomic E-state index is -4.41. The van der Waals surface area contributed by atoms with Crippen LogP contribution in [0.4, 0.5) is 13.2 Å². The lowest BCUT2D eigenvalue weighted by atomic mass is 10.2. The van der Waals surface area contributed by atoms with E-state index in [1.165, 1.54) is 24.3 Å². The first-order chi connectivity index (χ1) is 9.04. The molecule has 20 heavy (non-hydrogen) atoms. The van der Waals surface area contributed by atoms with Crippen molar-refractivity contribution in [1.82, 2.24) is 4.31 Å². The Morgan fingerprint density at radius 1 is 1.40 bits per heavy atom. The van der Waals surface area contributed by atoms with Gasteiger partial charge >= 0.3 is 6.18 Å². The third kappa shape index (κ3) is 4.43. The van der Waals surface area contributed by atoms with Crippen LogP contribution in [0.2, 0.25) is 0 Å². The van der Waals surface area contributed by atoms with E-state index < -0.39 is 29.2 Å². The molecule has 1 aromatic rings. The van der Waals surface area contributed by atoms with Gasteiger partial charge in [0.05, 0.1) is 11.3 Å². The summed E-state index contributed by atoms with van der Waals surface area (Å²) in [5.41, 5.74) is 5.73. The van der Waals surface area contributed by atoms with Crippen LogP contribution in [0.25, 0.3) is 0 Å². The van der Waals surface area contributed by atoms with Crippen molar-refractivity contribution in [1.29, 1.82) is 0 Å². The molecule has 0 spiro atoms. The lowest BCUT2D eigenvalue weighted by Gasteiger charge is -2.18. The summed E-state index contributed by atoms with van der Waals surface area (Å²) in [5.74, 6) is 0. The Balaban J connectivity index is 2.98. The molecule has 0 aliphatic carbocycles. The molecule has 9 heteroatoms. The van der Waals surface area contributed by atoms with E-state index in [0.29, 0.717) is 9.87 Å². The first kappa shape index (κ1) is 16.9. The number of nitrogens with two attached hydrogens (primary N) is 1. The molecule has 2 N–H and O–H groups in total. The van der Waals surface area contributed by atoms with Gasteiger partial charge in [0, 0.05) is 19.2 Å². The van der Waals surface area contributed by atoms with Gasteiger partial charge in [-0.1, -0.05) is 24.4 Å². The quantitative estimate of drug-likeness (QED) is 0.840. The Hall–Kier alpha value is -1.19. The highest BCUT2D eigenvalue weighted by Crippen LogP contribution is 2.22. The second-order valence-electron chi connectivity index (χ2n) is 4.08. The molecule has 0 saturated carbocycles. The molecule has 0 heterocycles. The highest BCUT2D eigenvalue weighted by Gasteiger charge is 2.30. The zero-order valence-corrected chi connectivity index (χ0v) is 12.1. The normalized spacial score (nSPS) is 12.7. The zero-order valence-electron chi connectivity index (χ0n) is 10.5. The van der Waals surface area contributed by atoms with Crippen LogP contribution in [0.1, 0.15) is 12.0 Å². The van der Waals surface area contributed by atoms with Gasteiger partial charge in [0.2, 0.25) is 10.0 Å². The highest BCUT2D eigenvalue weighted by molar-refractivity contribution is 7.89. The average Bonchev–Trinajstić information content (AvgIpc) is 2.35. The van der Waals surface area contributed by atoms with Crippen LogP contribution in [0.5, 0.6) is 0 Å².